The van der Waals surface area contributed by atoms with E-state index in [1.807, 2.05) is 24.3 Å². The lowest BCUT2D eigenvalue weighted by atomic mass is 9.92. The van der Waals surface area contributed by atoms with Gasteiger partial charge in [-0.2, -0.15) is 0 Å². The van der Waals surface area contributed by atoms with Crippen LogP contribution in [0.3, 0.4) is 0 Å². The Balaban J connectivity index is 1.53. The molecule has 1 aromatic carbocycles. The van der Waals surface area contributed by atoms with Crippen LogP contribution in [0.15, 0.2) is 48.8 Å². The number of aryl methyl sites for hydroxylation is 1. The highest BCUT2D eigenvalue weighted by molar-refractivity contribution is 5.94. The number of aliphatic hydroxyl groups excluding tert-OH is 1. The monoisotopic (exact) mass is 397 g/mol. The molecule has 1 aliphatic rings. The van der Waals surface area contributed by atoms with Crippen molar-refractivity contribution in [3.63, 3.8) is 0 Å². The molecular weight excluding hydrogens is 370 g/mol. The molecule has 1 fully saturated rings. The van der Waals surface area contributed by atoms with Crippen molar-refractivity contribution in [1.82, 2.24) is 15.2 Å². The van der Waals surface area contributed by atoms with Crippen molar-refractivity contribution in [2.24, 2.45) is 5.92 Å². The molecule has 1 aromatic heterocycles. The van der Waals surface area contributed by atoms with E-state index in [0.29, 0.717) is 37.9 Å². The second kappa shape index (κ2) is 10.0. The van der Waals surface area contributed by atoms with Gasteiger partial charge in [0.25, 0.3) is 5.91 Å². The van der Waals surface area contributed by atoms with E-state index in [9.17, 15) is 14.7 Å². The van der Waals surface area contributed by atoms with Crippen LogP contribution < -0.4 is 10.1 Å². The maximum absolute atomic E-state index is 12.7. The van der Waals surface area contributed by atoms with Crippen LogP contribution in [0.2, 0.25) is 0 Å². The van der Waals surface area contributed by atoms with E-state index in [0.717, 1.165) is 11.3 Å². The number of ether oxygens (including phenoxy) is 1. The molecule has 0 aliphatic carbocycles. The Labute approximate surface area is 170 Å². The first-order chi connectivity index (χ1) is 14.1. The maximum Gasteiger partial charge on any atom is 0.253 e. The summed E-state index contributed by atoms with van der Waals surface area (Å²) in [6, 6.07) is 10.9. The third kappa shape index (κ3) is 5.54. The zero-order valence-corrected chi connectivity index (χ0v) is 16.6. The Hall–Kier alpha value is -2.93. The number of nitrogens with one attached hydrogen (secondary N) is 1. The lowest BCUT2D eigenvalue weighted by Gasteiger charge is -2.38. The van der Waals surface area contributed by atoms with Crippen molar-refractivity contribution in [2.75, 3.05) is 26.8 Å². The number of pyridine rings is 1. The van der Waals surface area contributed by atoms with E-state index in [1.165, 1.54) is 6.20 Å². The molecular formula is C22H27N3O4. The van der Waals surface area contributed by atoms with Gasteiger partial charge < -0.3 is 20.1 Å². The molecule has 0 saturated carbocycles. The van der Waals surface area contributed by atoms with Crippen molar-refractivity contribution in [1.29, 1.82) is 0 Å². The molecule has 3 rings (SSSR count). The summed E-state index contributed by atoms with van der Waals surface area (Å²) in [7, 11) is 1.62. The second-order valence-corrected chi connectivity index (χ2v) is 7.24. The number of amides is 2. The number of aliphatic hydroxyl groups is 1. The Bertz CT molecular complexity index is 828. The largest absolute Gasteiger partial charge is 0.497 e. The van der Waals surface area contributed by atoms with Gasteiger partial charge in [0.05, 0.1) is 12.7 Å². The number of methoxy groups -OCH3 is 1. The average molecular weight is 397 g/mol. The molecule has 1 aliphatic heterocycles. The molecule has 2 aromatic rings. The van der Waals surface area contributed by atoms with Crippen LogP contribution in [0.25, 0.3) is 0 Å². The van der Waals surface area contributed by atoms with Crippen molar-refractivity contribution < 1.29 is 19.4 Å². The van der Waals surface area contributed by atoms with Gasteiger partial charge in [0.1, 0.15) is 5.75 Å². The van der Waals surface area contributed by atoms with Crippen molar-refractivity contribution in [2.45, 2.75) is 25.3 Å². The number of rotatable bonds is 7. The van der Waals surface area contributed by atoms with Gasteiger partial charge in [-0.3, -0.25) is 14.6 Å². The van der Waals surface area contributed by atoms with E-state index < -0.39 is 0 Å². The molecule has 2 N–H and O–H groups in total. The SMILES string of the molecule is COc1cccc(CCC(=O)N2CC[C@@H](NC(=O)c3cccnc3)[C@@H](CO)C2)c1. The minimum Gasteiger partial charge on any atom is -0.497 e. The molecule has 154 valence electrons. The van der Waals surface area contributed by atoms with E-state index in [1.54, 1.807) is 30.3 Å². The fraction of sp³-hybridized carbons (Fsp3) is 0.409. The summed E-state index contributed by atoms with van der Waals surface area (Å²) in [5.74, 6) is 0.438. The lowest BCUT2D eigenvalue weighted by Crippen LogP contribution is -2.53. The predicted octanol–water partition coefficient (Wildman–Crippen LogP) is 1.66. The molecule has 7 nitrogen and oxygen atoms in total. The topological polar surface area (TPSA) is 91.8 Å². The molecule has 2 amide bonds. The number of nitrogens with zero attached hydrogens (tertiary/aromatic N) is 2. The van der Waals surface area contributed by atoms with Crippen LogP contribution in [-0.4, -0.2) is 59.7 Å². The highest BCUT2D eigenvalue weighted by atomic mass is 16.5. The van der Waals surface area contributed by atoms with E-state index in [4.69, 9.17) is 4.74 Å². The number of carbonyl (C=O) groups is 2. The number of piperidine rings is 1. The van der Waals surface area contributed by atoms with Crippen molar-refractivity contribution in [3.8, 4) is 5.75 Å². The zero-order chi connectivity index (χ0) is 20.6. The standard InChI is InChI=1S/C22H27N3O4/c1-29-19-6-2-4-16(12-19)7-8-21(27)25-11-9-20(18(14-25)15-26)24-22(28)17-5-3-10-23-13-17/h2-6,10,12-13,18,20,26H,7-9,11,14-15H2,1H3,(H,24,28)/t18-,20-/m1/s1. The molecule has 0 spiro atoms. The van der Waals surface area contributed by atoms with Gasteiger partial charge in [0.15, 0.2) is 0 Å². The summed E-state index contributed by atoms with van der Waals surface area (Å²) in [5, 5.41) is 12.8. The van der Waals surface area contributed by atoms with Crippen LogP contribution in [0, 0.1) is 5.92 Å². The fourth-order valence-corrected chi connectivity index (χ4v) is 3.62. The van der Waals surface area contributed by atoms with E-state index in [-0.39, 0.29) is 30.4 Å². The van der Waals surface area contributed by atoms with Crippen LogP contribution in [0.5, 0.6) is 5.75 Å². The summed E-state index contributed by atoms with van der Waals surface area (Å²) in [6.45, 7) is 0.911. The molecule has 0 radical (unpaired) electrons. The van der Waals surface area contributed by atoms with Crippen LogP contribution in [-0.2, 0) is 11.2 Å². The number of likely N-dealkylation sites (tertiary alicyclic amines) is 1. The Morgan fingerprint density at radius 3 is 2.90 bits per heavy atom. The highest BCUT2D eigenvalue weighted by Gasteiger charge is 2.32. The third-order valence-corrected chi connectivity index (χ3v) is 5.32. The summed E-state index contributed by atoms with van der Waals surface area (Å²) in [4.78, 5) is 30.8. The van der Waals surface area contributed by atoms with Crippen LogP contribution in [0.1, 0.15) is 28.8 Å². The van der Waals surface area contributed by atoms with Crippen LogP contribution in [0.4, 0.5) is 0 Å². The van der Waals surface area contributed by atoms with Gasteiger partial charge in [0.2, 0.25) is 5.91 Å². The van der Waals surface area contributed by atoms with Crippen LogP contribution >= 0.6 is 0 Å². The first-order valence-electron chi connectivity index (χ1n) is 9.83. The average Bonchev–Trinajstić information content (AvgIpc) is 2.78. The van der Waals surface area contributed by atoms with Gasteiger partial charge >= 0.3 is 0 Å². The maximum atomic E-state index is 12.7. The van der Waals surface area contributed by atoms with Gasteiger partial charge in [-0.25, -0.2) is 0 Å². The number of aromatic nitrogens is 1. The Morgan fingerprint density at radius 1 is 1.31 bits per heavy atom. The number of benzene rings is 1. The van der Waals surface area contributed by atoms with Crippen molar-refractivity contribution in [3.05, 3.63) is 59.9 Å². The Kier molecular flexibility index (Phi) is 7.19. The number of hydrogen-bond acceptors (Lipinski definition) is 5. The number of carbonyl (C=O) groups excluding carboxylic acids is 2. The minimum atomic E-state index is -0.209. The lowest BCUT2D eigenvalue weighted by molar-refractivity contribution is -0.133. The normalized spacial score (nSPS) is 18.9. The van der Waals surface area contributed by atoms with E-state index in [2.05, 4.69) is 10.3 Å². The highest BCUT2D eigenvalue weighted by Crippen LogP contribution is 2.20. The van der Waals surface area contributed by atoms with Gasteiger partial charge in [-0.15, -0.1) is 0 Å². The molecule has 29 heavy (non-hydrogen) atoms. The summed E-state index contributed by atoms with van der Waals surface area (Å²) < 4.78 is 5.22. The molecule has 2 atom stereocenters. The Morgan fingerprint density at radius 2 is 2.17 bits per heavy atom. The summed E-state index contributed by atoms with van der Waals surface area (Å²) in [6.07, 6.45) is 4.78. The van der Waals surface area contributed by atoms with Crippen molar-refractivity contribution >= 4 is 11.8 Å². The predicted molar refractivity (Wildman–Crippen MR) is 109 cm³/mol. The second-order valence-electron chi connectivity index (χ2n) is 7.24. The smallest absolute Gasteiger partial charge is 0.253 e. The molecule has 2 heterocycles. The number of hydrogen-bond donors (Lipinski definition) is 2. The quantitative estimate of drug-likeness (QED) is 0.741. The summed E-state index contributed by atoms with van der Waals surface area (Å²) >= 11 is 0. The summed E-state index contributed by atoms with van der Waals surface area (Å²) in [5.41, 5.74) is 1.54. The van der Waals surface area contributed by atoms with Gasteiger partial charge in [-0.05, 0) is 42.7 Å². The first-order valence-corrected chi connectivity index (χ1v) is 9.83. The first kappa shape index (κ1) is 20.8. The zero-order valence-electron chi connectivity index (χ0n) is 16.6. The fourth-order valence-electron chi connectivity index (χ4n) is 3.62. The molecule has 7 heteroatoms. The van der Waals surface area contributed by atoms with Gasteiger partial charge in [-0.1, -0.05) is 12.1 Å². The minimum absolute atomic E-state index is 0.0586. The molecule has 1 saturated heterocycles. The molecule has 0 unspecified atom stereocenters. The van der Waals surface area contributed by atoms with E-state index >= 15 is 0 Å². The third-order valence-electron chi connectivity index (χ3n) is 5.32. The molecule has 0 bridgehead atoms. The van der Waals surface area contributed by atoms with Gasteiger partial charge in [0, 0.05) is 50.5 Å².